The zero-order valence-electron chi connectivity index (χ0n) is 16.0. The molecule has 2 atom stereocenters. The van der Waals surface area contributed by atoms with Crippen molar-refractivity contribution in [3.63, 3.8) is 0 Å². The van der Waals surface area contributed by atoms with Crippen LogP contribution in [0.1, 0.15) is 25.3 Å². The Kier molecular flexibility index (Phi) is 7.01. The molecule has 2 unspecified atom stereocenters. The summed E-state index contributed by atoms with van der Waals surface area (Å²) in [6, 6.07) is 4.80. The van der Waals surface area contributed by atoms with Crippen LogP contribution >= 0.6 is 12.4 Å². The first kappa shape index (κ1) is 22.1. The topological polar surface area (TPSA) is 81.8 Å². The molecule has 2 heterocycles. The van der Waals surface area contributed by atoms with Crippen LogP contribution in [0, 0.1) is 11.7 Å². The maximum atomic E-state index is 13.2. The van der Waals surface area contributed by atoms with Crippen LogP contribution in [0.4, 0.5) is 9.18 Å². The standard InChI is InChI=1S/C19H25FN4O3.ClH/c1-19(14-5-7-15(20)8-6-14)17(26)24(18(27)22-19)12-16(25)23-9-3-4-13(11-23)10-21-2;/h5-8,13,21H,3-4,9-12H2,1-2H3,(H,22,27);1H. The Morgan fingerprint density at radius 2 is 2.00 bits per heavy atom. The van der Waals surface area contributed by atoms with Crippen molar-refractivity contribution in [1.29, 1.82) is 0 Å². The number of benzene rings is 1. The quantitative estimate of drug-likeness (QED) is 0.717. The maximum Gasteiger partial charge on any atom is 0.325 e. The van der Waals surface area contributed by atoms with Gasteiger partial charge in [-0.25, -0.2) is 9.18 Å². The lowest BCUT2D eigenvalue weighted by atomic mass is 9.92. The average Bonchev–Trinajstić information content (AvgIpc) is 2.87. The predicted molar refractivity (Wildman–Crippen MR) is 104 cm³/mol. The molecule has 2 aliphatic heterocycles. The number of urea groups is 1. The number of halogens is 2. The largest absolute Gasteiger partial charge is 0.341 e. The van der Waals surface area contributed by atoms with E-state index in [1.165, 1.54) is 24.3 Å². The monoisotopic (exact) mass is 412 g/mol. The number of hydrogen-bond acceptors (Lipinski definition) is 4. The molecular weight excluding hydrogens is 387 g/mol. The fraction of sp³-hybridized carbons (Fsp3) is 0.526. The maximum absolute atomic E-state index is 13.2. The van der Waals surface area contributed by atoms with Gasteiger partial charge in [0.05, 0.1) is 0 Å². The summed E-state index contributed by atoms with van der Waals surface area (Å²) in [4.78, 5) is 40.6. The minimum atomic E-state index is -1.30. The molecule has 0 aliphatic carbocycles. The van der Waals surface area contributed by atoms with E-state index in [1.54, 1.807) is 11.8 Å². The molecule has 4 amide bonds. The summed E-state index contributed by atoms with van der Waals surface area (Å²) in [5.74, 6) is -0.786. The SMILES string of the molecule is CNCC1CCCN(C(=O)CN2C(=O)NC(C)(c3ccc(F)cc3)C2=O)C1.Cl. The van der Waals surface area contributed by atoms with E-state index in [2.05, 4.69) is 10.6 Å². The first-order valence-corrected chi connectivity index (χ1v) is 9.17. The normalized spacial score (nSPS) is 24.8. The summed E-state index contributed by atoms with van der Waals surface area (Å²) in [7, 11) is 1.88. The van der Waals surface area contributed by atoms with E-state index < -0.39 is 23.3 Å². The van der Waals surface area contributed by atoms with Crippen LogP contribution in [0.3, 0.4) is 0 Å². The highest BCUT2D eigenvalue weighted by Gasteiger charge is 2.49. The Labute approximate surface area is 170 Å². The molecule has 2 fully saturated rings. The van der Waals surface area contributed by atoms with Crippen LogP contribution in [0.25, 0.3) is 0 Å². The molecule has 2 aliphatic rings. The number of piperidine rings is 1. The summed E-state index contributed by atoms with van der Waals surface area (Å²) < 4.78 is 13.2. The highest BCUT2D eigenvalue weighted by Crippen LogP contribution is 2.29. The minimum Gasteiger partial charge on any atom is -0.341 e. The van der Waals surface area contributed by atoms with Gasteiger partial charge in [-0.15, -0.1) is 12.4 Å². The van der Waals surface area contributed by atoms with Gasteiger partial charge < -0.3 is 15.5 Å². The van der Waals surface area contributed by atoms with E-state index in [0.29, 0.717) is 24.6 Å². The van der Waals surface area contributed by atoms with Crippen LogP contribution in [0.2, 0.25) is 0 Å². The Morgan fingerprint density at radius 3 is 2.64 bits per heavy atom. The minimum absolute atomic E-state index is 0. The second kappa shape index (κ2) is 8.87. The summed E-state index contributed by atoms with van der Waals surface area (Å²) >= 11 is 0. The third kappa shape index (κ3) is 4.28. The lowest BCUT2D eigenvalue weighted by Crippen LogP contribution is -2.48. The molecule has 2 saturated heterocycles. The van der Waals surface area contributed by atoms with Gasteiger partial charge in [0.2, 0.25) is 5.91 Å². The van der Waals surface area contributed by atoms with Crippen molar-refractivity contribution in [1.82, 2.24) is 20.4 Å². The lowest BCUT2D eigenvalue weighted by Gasteiger charge is -2.33. The number of amides is 4. The molecule has 0 bridgehead atoms. The molecule has 2 N–H and O–H groups in total. The number of hydrogen-bond donors (Lipinski definition) is 2. The Balaban J connectivity index is 0.00000280. The number of carbonyl (C=O) groups is 3. The Hall–Kier alpha value is -2.19. The van der Waals surface area contributed by atoms with Crippen LogP contribution in [0.15, 0.2) is 24.3 Å². The number of imide groups is 1. The zero-order valence-corrected chi connectivity index (χ0v) is 16.9. The van der Waals surface area contributed by atoms with Crippen molar-refractivity contribution in [3.8, 4) is 0 Å². The van der Waals surface area contributed by atoms with Crippen LogP contribution in [-0.4, -0.2) is 60.9 Å². The van der Waals surface area contributed by atoms with Gasteiger partial charge in [-0.2, -0.15) is 0 Å². The van der Waals surface area contributed by atoms with Crippen LogP contribution in [0.5, 0.6) is 0 Å². The first-order valence-electron chi connectivity index (χ1n) is 9.17. The molecule has 28 heavy (non-hydrogen) atoms. The van der Waals surface area contributed by atoms with Crippen molar-refractivity contribution in [2.45, 2.75) is 25.3 Å². The van der Waals surface area contributed by atoms with E-state index in [-0.39, 0.29) is 24.9 Å². The van der Waals surface area contributed by atoms with Crippen molar-refractivity contribution < 1.29 is 18.8 Å². The first-order chi connectivity index (χ1) is 12.8. The molecular formula is C19H26ClFN4O3. The van der Waals surface area contributed by atoms with Crippen molar-refractivity contribution in [3.05, 3.63) is 35.6 Å². The summed E-state index contributed by atoms with van der Waals surface area (Å²) in [6.07, 6.45) is 1.96. The third-order valence-corrected chi connectivity index (χ3v) is 5.35. The van der Waals surface area contributed by atoms with Gasteiger partial charge in [0.1, 0.15) is 17.9 Å². The number of rotatable bonds is 5. The lowest BCUT2D eigenvalue weighted by molar-refractivity contribution is -0.139. The van der Waals surface area contributed by atoms with E-state index in [0.717, 1.165) is 24.3 Å². The predicted octanol–water partition coefficient (Wildman–Crippen LogP) is 1.47. The van der Waals surface area contributed by atoms with Crippen LogP contribution in [-0.2, 0) is 15.1 Å². The van der Waals surface area contributed by atoms with Crippen molar-refractivity contribution >= 4 is 30.3 Å². The third-order valence-electron chi connectivity index (χ3n) is 5.35. The summed E-state index contributed by atoms with van der Waals surface area (Å²) in [5.41, 5.74) is -0.828. The molecule has 1 aromatic carbocycles. The molecule has 0 spiro atoms. The van der Waals surface area contributed by atoms with Gasteiger partial charge in [0.15, 0.2) is 0 Å². The molecule has 0 radical (unpaired) electrons. The van der Waals surface area contributed by atoms with E-state index in [9.17, 15) is 18.8 Å². The van der Waals surface area contributed by atoms with Gasteiger partial charge in [-0.05, 0) is 57.0 Å². The van der Waals surface area contributed by atoms with E-state index in [1.807, 2.05) is 7.05 Å². The molecule has 3 rings (SSSR count). The average molecular weight is 413 g/mol. The number of carbonyl (C=O) groups excluding carboxylic acids is 3. The van der Waals surface area contributed by atoms with Gasteiger partial charge >= 0.3 is 6.03 Å². The smallest absolute Gasteiger partial charge is 0.325 e. The molecule has 0 saturated carbocycles. The molecule has 1 aromatic rings. The molecule has 0 aromatic heterocycles. The highest BCUT2D eigenvalue weighted by atomic mass is 35.5. The zero-order chi connectivity index (χ0) is 19.6. The molecule has 7 nitrogen and oxygen atoms in total. The number of nitrogens with one attached hydrogen (secondary N) is 2. The number of likely N-dealkylation sites (tertiary alicyclic amines) is 1. The van der Waals surface area contributed by atoms with E-state index in [4.69, 9.17) is 0 Å². The Morgan fingerprint density at radius 1 is 1.32 bits per heavy atom. The van der Waals surface area contributed by atoms with Gasteiger partial charge in [0.25, 0.3) is 5.91 Å². The summed E-state index contributed by atoms with van der Waals surface area (Å²) in [6.45, 7) is 3.37. The van der Waals surface area contributed by atoms with Crippen LogP contribution < -0.4 is 10.6 Å². The highest BCUT2D eigenvalue weighted by molar-refractivity contribution is 6.09. The second-order valence-corrected chi connectivity index (χ2v) is 7.36. The van der Waals surface area contributed by atoms with Gasteiger partial charge in [0, 0.05) is 13.1 Å². The fourth-order valence-corrected chi connectivity index (χ4v) is 3.80. The van der Waals surface area contributed by atoms with E-state index >= 15 is 0 Å². The van der Waals surface area contributed by atoms with Crippen molar-refractivity contribution in [2.24, 2.45) is 5.92 Å². The number of nitrogens with zero attached hydrogens (tertiary/aromatic N) is 2. The summed E-state index contributed by atoms with van der Waals surface area (Å²) in [5, 5.41) is 5.76. The molecule has 154 valence electrons. The van der Waals surface area contributed by atoms with Gasteiger partial charge in [-0.3, -0.25) is 14.5 Å². The van der Waals surface area contributed by atoms with Crippen molar-refractivity contribution in [2.75, 3.05) is 33.2 Å². The second-order valence-electron chi connectivity index (χ2n) is 7.36. The molecule has 9 heteroatoms. The van der Waals surface area contributed by atoms with Gasteiger partial charge in [-0.1, -0.05) is 12.1 Å². The Bertz CT molecular complexity index is 743. The fourth-order valence-electron chi connectivity index (χ4n) is 3.80.